The molecule has 5 rings (SSSR count). The second kappa shape index (κ2) is 12.9. The van der Waals surface area contributed by atoms with Gasteiger partial charge in [-0.05, 0) is 61.9 Å². The first-order valence-corrected chi connectivity index (χ1v) is 13.9. The van der Waals surface area contributed by atoms with Crippen LogP contribution in [0.2, 0.25) is 0 Å². The fourth-order valence-corrected chi connectivity index (χ4v) is 5.28. The molecule has 0 spiro atoms. The summed E-state index contributed by atoms with van der Waals surface area (Å²) in [6.07, 6.45) is 1.48. The van der Waals surface area contributed by atoms with Gasteiger partial charge in [0.2, 0.25) is 0 Å². The Kier molecular flexibility index (Phi) is 8.88. The minimum Gasteiger partial charge on any atom is -0.368 e. The van der Waals surface area contributed by atoms with E-state index in [1.54, 1.807) is 41.3 Å². The number of halogens is 2. The lowest BCUT2D eigenvalue weighted by Gasteiger charge is -2.27. The van der Waals surface area contributed by atoms with E-state index in [1.807, 2.05) is 17.0 Å². The smallest absolute Gasteiger partial charge is 0.255 e. The number of rotatable bonds is 5. The quantitative estimate of drug-likeness (QED) is 0.492. The van der Waals surface area contributed by atoms with Crippen molar-refractivity contribution in [2.75, 3.05) is 62.6 Å². The molecular formula is C31H33F2N5O3. The van der Waals surface area contributed by atoms with Gasteiger partial charge in [0.25, 0.3) is 17.7 Å². The van der Waals surface area contributed by atoms with Gasteiger partial charge in [0.15, 0.2) is 0 Å². The van der Waals surface area contributed by atoms with Crippen LogP contribution in [-0.4, -0.2) is 79.9 Å². The number of hydrogen-bond donors (Lipinski definition) is 2. The Morgan fingerprint density at radius 1 is 0.659 bits per heavy atom. The Hall–Kier alpha value is -4.31. The predicted octanol–water partition coefficient (Wildman–Crippen LogP) is 4.01. The van der Waals surface area contributed by atoms with Crippen LogP contribution in [0.4, 0.5) is 20.2 Å². The van der Waals surface area contributed by atoms with E-state index >= 15 is 0 Å². The highest BCUT2D eigenvalue weighted by Gasteiger charge is 2.25. The van der Waals surface area contributed by atoms with E-state index in [0.29, 0.717) is 62.5 Å². The number of nitrogens with one attached hydrogen (secondary N) is 2. The normalized spacial score (nSPS) is 16.1. The minimum absolute atomic E-state index is 0.0293. The van der Waals surface area contributed by atoms with Crippen LogP contribution in [0.15, 0.2) is 66.7 Å². The van der Waals surface area contributed by atoms with Gasteiger partial charge in [0, 0.05) is 68.6 Å². The summed E-state index contributed by atoms with van der Waals surface area (Å²) >= 11 is 0. The minimum atomic E-state index is -0.797. The van der Waals surface area contributed by atoms with Crippen molar-refractivity contribution in [3.63, 3.8) is 0 Å². The number of amides is 3. The zero-order valence-corrected chi connectivity index (χ0v) is 22.7. The summed E-state index contributed by atoms with van der Waals surface area (Å²) in [5.74, 6) is -2.42. The van der Waals surface area contributed by atoms with Crippen molar-refractivity contribution in [3.05, 3.63) is 95.1 Å². The van der Waals surface area contributed by atoms with Gasteiger partial charge in [-0.3, -0.25) is 14.4 Å². The average molecular weight is 562 g/mol. The first-order valence-electron chi connectivity index (χ1n) is 13.9. The topological polar surface area (TPSA) is 85.0 Å². The molecule has 0 aliphatic carbocycles. The molecular weight excluding hydrogens is 528 g/mol. The van der Waals surface area contributed by atoms with Crippen LogP contribution >= 0.6 is 0 Å². The molecule has 2 N–H and O–H groups in total. The largest absolute Gasteiger partial charge is 0.368 e. The standard InChI is InChI=1S/C31H33F2N5O3/c32-25-18-24(19-26(33)21-25)31(41)38-14-5-13-36(16-17-38)28-9-8-23(30(40)37-12-4-10-34-11-15-37)20-27(28)35-29(39)22-6-2-1-3-7-22/h1-3,6-9,18-21,34H,4-5,10-17H2,(H,35,39). The SMILES string of the molecule is O=C(Nc1cc(C(=O)N2CCCNCC2)ccc1N1CCCN(C(=O)c2cc(F)cc(F)c2)CC1)c1ccccc1. The molecule has 3 amide bonds. The van der Waals surface area contributed by atoms with Crippen molar-refractivity contribution in [2.24, 2.45) is 0 Å². The molecule has 214 valence electrons. The molecule has 2 saturated heterocycles. The maximum atomic E-state index is 13.7. The zero-order chi connectivity index (χ0) is 28.8. The highest BCUT2D eigenvalue weighted by atomic mass is 19.1. The zero-order valence-electron chi connectivity index (χ0n) is 22.7. The van der Waals surface area contributed by atoms with Crippen molar-refractivity contribution >= 4 is 29.1 Å². The molecule has 0 atom stereocenters. The van der Waals surface area contributed by atoms with Gasteiger partial charge in [-0.15, -0.1) is 0 Å². The molecule has 41 heavy (non-hydrogen) atoms. The van der Waals surface area contributed by atoms with Crippen molar-refractivity contribution in [2.45, 2.75) is 12.8 Å². The molecule has 0 bridgehead atoms. The molecule has 3 aromatic rings. The molecule has 0 unspecified atom stereocenters. The van der Waals surface area contributed by atoms with Crippen LogP contribution < -0.4 is 15.5 Å². The van der Waals surface area contributed by atoms with Crippen LogP contribution in [0.5, 0.6) is 0 Å². The Balaban J connectivity index is 1.39. The van der Waals surface area contributed by atoms with Crippen LogP contribution in [-0.2, 0) is 0 Å². The molecule has 0 aromatic heterocycles. The van der Waals surface area contributed by atoms with E-state index in [1.165, 1.54) is 0 Å². The summed E-state index contributed by atoms with van der Waals surface area (Å²) in [4.78, 5) is 45.0. The summed E-state index contributed by atoms with van der Waals surface area (Å²) in [5.41, 5.74) is 2.18. The fourth-order valence-electron chi connectivity index (χ4n) is 5.28. The number of carbonyl (C=O) groups excluding carboxylic acids is 3. The van der Waals surface area contributed by atoms with Gasteiger partial charge < -0.3 is 25.3 Å². The second-order valence-corrected chi connectivity index (χ2v) is 10.2. The lowest BCUT2D eigenvalue weighted by atomic mass is 10.1. The molecule has 2 aliphatic rings. The van der Waals surface area contributed by atoms with E-state index in [9.17, 15) is 23.2 Å². The van der Waals surface area contributed by atoms with Crippen LogP contribution in [0.25, 0.3) is 0 Å². The lowest BCUT2D eigenvalue weighted by molar-refractivity contribution is 0.0758. The molecule has 2 heterocycles. The number of benzene rings is 3. The van der Waals surface area contributed by atoms with Gasteiger partial charge in [-0.1, -0.05) is 18.2 Å². The third-order valence-electron chi connectivity index (χ3n) is 7.39. The molecule has 0 saturated carbocycles. The second-order valence-electron chi connectivity index (χ2n) is 10.2. The number of nitrogens with zero attached hydrogens (tertiary/aromatic N) is 3. The summed E-state index contributed by atoms with van der Waals surface area (Å²) in [6, 6.07) is 17.0. The Bertz CT molecular complexity index is 1390. The maximum absolute atomic E-state index is 13.7. The van der Waals surface area contributed by atoms with Gasteiger partial charge in [0.05, 0.1) is 11.4 Å². The highest BCUT2D eigenvalue weighted by Crippen LogP contribution is 2.30. The predicted molar refractivity (Wildman–Crippen MR) is 153 cm³/mol. The maximum Gasteiger partial charge on any atom is 0.255 e. The van der Waals surface area contributed by atoms with Crippen molar-refractivity contribution in [3.8, 4) is 0 Å². The molecule has 8 nitrogen and oxygen atoms in total. The van der Waals surface area contributed by atoms with E-state index in [2.05, 4.69) is 15.5 Å². The van der Waals surface area contributed by atoms with Crippen LogP contribution in [0.3, 0.4) is 0 Å². The van der Waals surface area contributed by atoms with E-state index < -0.39 is 17.5 Å². The van der Waals surface area contributed by atoms with E-state index in [-0.39, 0.29) is 17.4 Å². The molecule has 2 aliphatic heterocycles. The monoisotopic (exact) mass is 561 g/mol. The Morgan fingerprint density at radius 2 is 1.37 bits per heavy atom. The van der Waals surface area contributed by atoms with Crippen molar-refractivity contribution in [1.29, 1.82) is 0 Å². The number of carbonyl (C=O) groups is 3. The number of anilines is 2. The average Bonchev–Trinajstić information content (AvgIpc) is 3.40. The third kappa shape index (κ3) is 6.89. The summed E-state index contributed by atoms with van der Waals surface area (Å²) < 4.78 is 27.5. The lowest BCUT2D eigenvalue weighted by Crippen LogP contribution is -2.36. The first kappa shape index (κ1) is 28.2. The van der Waals surface area contributed by atoms with Crippen LogP contribution in [0, 0.1) is 11.6 Å². The summed E-state index contributed by atoms with van der Waals surface area (Å²) in [7, 11) is 0. The van der Waals surface area contributed by atoms with E-state index in [4.69, 9.17) is 0 Å². The van der Waals surface area contributed by atoms with Gasteiger partial charge in [0.1, 0.15) is 11.6 Å². The van der Waals surface area contributed by atoms with Crippen molar-refractivity contribution < 1.29 is 23.2 Å². The van der Waals surface area contributed by atoms with Gasteiger partial charge in [-0.25, -0.2) is 8.78 Å². The molecule has 3 aromatic carbocycles. The van der Waals surface area contributed by atoms with Gasteiger partial charge in [-0.2, -0.15) is 0 Å². The molecule has 0 radical (unpaired) electrons. The first-order chi connectivity index (χ1) is 19.9. The van der Waals surface area contributed by atoms with E-state index in [0.717, 1.165) is 43.4 Å². The molecule has 10 heteroatoms. The van der Waals surface area contributed by atoms with Crippen molar-refractivity contribution in [1.82, 2.24) is 15.1 Å². The summed E-state index contributed by atoms with van der Waals surface area (Å²) in [6.45, 7) is 4.62. The Labute approximate surface area is 237 Å². The van der Waals surface area contributed by atoms with Gasteiger partial charge >= 0.3 is 0 Å². The summed E-state index contributed by atoms with van der Waals surface area (Å²) in [5, 5.41) is 6.30. The third-order valence-corrected chi connectivity index (χ3v) is 7.39. The molecule has 2 fully saturated rings. The van der Waals surface area contributed by atoms with Crippen LogP contribution in [0.1, 0.15) is 43.9 Å². The fraction of sp³-hybridized carbons (Fsp3) is 0.323. The highest BCUT2D eigenvalue weighted by molar-refractivity contribution is 6.07. The Morgan fingerprint density at radius 3 is 2.15 bits per heavy atom. The number of hydrogen-bond acceptors (Lipinski definition) is 5.